The van der Waals surface area contributed by atoms with Gasteiger partial charge in [-0.05, 0) is 25.5 Å². The maximum Gasteiger partial charge on any atom is 0.338 e. The number of esters is 1. The van der Waals surface area contributed by atoms with Crippen molar-refractivity contribution in [3.05, 3.63) is 84.8 Å². The minimum atomic E-state index is -0.581. The third-order valence-electron chi connectivity index (χ3n) is 4.65. The van der Waals surface area contributed by atoms with Crippen LogP contribution < -0.4 is 14.9 Å². The first-order chi connectivity index (χ1) is 14.0. The summed E-state index contributed by atoms with van der Waals surface area (Å²) in [5.74, 6) is -0.454. The van der Waals surface area contributed by atoms with Crippen LogP contribution in [0, 0.1) is 0 Å². The molecule has 1 aromatic carbocycles. The van der Waals surface area contributed by atoms with Crippen LogP contribution >= 0.6 is 11.3 Å². The van der Waals surface area contributed by atoms with Gasteiger partial charge >= 0.3 is 5.97 Å². The highest BCUT2D eigenvalue weighted by Crippen LogP contribution is 2.30. The monoisotopic (exact) mass is 408 g/mol. The molecule has 0 N–H and O–H groups in total. The quantitative estimate of drug-likeness (QED) is 0.614. The number of benzene rings is 1. The van der Waals surface area contributed by atoms with E-state index >= 15 is 0 Å². The van der Waals surface area contributed by atoms with Crippen molar-refractivity contribution in [3.8, 4) is 0 Å². The lowest BCUT2D eigenvalue weighted by atomic mass is 9.96. The first-order valence-corrected chi connectivity index (χ1v) is 10.0. The molecule has 2 aromatic heterocycles. The summed E-state index contributed by atoms with van der Waals surface area (Å²) in [6.45, 7) is 3.79. The van der Waals surface area contributed by atoms with Crippen molar-refractivity contribution in [2.45, 2.75) is 19.9 Å². The zero-order valence-corrected chi connectivity index (χ0v) is 17.1. The first kappa shape index (κ1) is 19.1. The maximum absolute atomic E-state index is 13.3. The highest BCUT2D eigenvalue weighted by atomic mass is 32.1. The summed E-state index contributed by atoms with van der Waals surface area (Å²) >= 11 is 1.30. The van der Waals surface area contributed by atoms with E-state index in [1.807, 2.05) is 43.6 Å². The Morgan fingerprint density at radius 2 is 2.07 bits per heavy atom. The number of hydrogen-bond acceptors (Lipinski definition) is 6. The standard InChI is InChI=1S/C21H20N4O3S/c1-4-28-20(27)17-13(2)23-21-25(18(17)15-8-6-5-7-9-15)19(26)16(29-21)10-14-11-22-24(3)12-14/h5-12,18H,4H2,1-3H3/b16-10-/t18-/m0/s1. The molecule has 1 aliphatic rings. The fraction of sp³-hybridized carbons (Fsp3) is 0.238. The number of ether oxygens (including phenoxy) is 1. The van der Waals surface area contributed by atoms with Crippen molar-refractivity contribution < 1.29 is 9.53 Å². The van der Waals surface area contributed by atoms with Gasteiger partial charge in [0.1, 0.15) is 0 Å². The van der Waals surface area contributed by atoms with E-state index in [1.165, 1.54) is 11.3 Å². The highest BCUT2D eigenvalue weighted by molar-refractivity contribution is 7.07. The molecule has 148 valence electrons. The molecule has 8 heteroatoms. The third kappa shape index (κ3) is 3.47. The summed E-state index contributed by atoms with van der Waals surface area (Å²) in [7, 11) is 1.82. The normalized spacial score (nSPS) is 16.5. The molecule has 3 heterocycles. The van der Waals surface area contributed by atoms with Crippen LogP contribution in [-0.4, -0.2) is 26.9 Å². The average Bonchev–Trinajstić information content (AvgIpc) is 3.24. The van der Waals surface area contributed by atoms with Crippen LogP contribution in [0.5, 0.6) is 0 Å². The van der Waals surface area contributed by atoms with Crippen molar-refractivity contribution in [2.75, 3.05) is 6.61 Å². The lowest BCUT2D eigenvalue weighted by Gasteiger charge is -2.24. The van der Waals surface area contributed by atoms with Gasteiger partial charge in [0.25, 0.3) is 5.56 Å². The number of aromatic nitrogens is 3. The zero-order valence-electron chi connectivity index (χ0n) is 16.3. The van der Waals surface area contributed by atoms with Crippen molar-refractivity contribution in [2.24, 2.45) is 12.0 Å². The molecule has 3 aromatic rings. The summed E-state index contributed by atoms with van der Waals surface area (Å²) in [6.07, 6.45) is 5.33. The molecule has 0 fully saturated rings. The van der Waals surface area contributed by atoms with Crippen LogP contribution in [0.15, 0.2) is 63.8 Å². The fourth-order valence-corrected chi connectivity index (χ4v) is 4.45. The van der Waals surface area contributed by atoms with Gasteiger partial charge in [0, 0.05) is 18.8 Å². The number of rotatable bonds is 4. The van der Waals surface area contributed by atoms with E-state index in [2.05, 4.69) is 10.1 Å². The van der Waals surface area contributed by atoms with Crippen LogP contribution in [0.3, 0.4) is 0 Å². The van der Waals surface area contributed by atoms with Gasteiger partial charge < -0.3 is 4.74 Å². The van der Waals surface area contributed by atoms with Crippen molar-refractivity contribution in [3.63, 3.8) is 0 Å². The second-order valence-electron chi connectivity index (χ2n) is 6.66. The number of aryl methyl sites for hydroxylation is 1. The predicted octanol–water partition coefficient (Wildman–Crippen LogP) is 1.53. The Balaban J connectivity index is 1.96. The number of allylic oxidation sites excluding steroid dienone is 1. The summed E-state index contributed by atoms with van der Waals surface area (Å²) in [4.78, 5) is 31.2. The van der Waals surface area contributed by atoms with Gasteiger partial charge in [0.2, 0.25) is 0 Å². The van der Waals surface area contributed by atoms with Crippen molar-refractivity contribution in [1.29, 1.82) is 0 Å². The van der Waals surface area contributed by atoms with Gasteiger partial charge in [-0.25, -0.2) is 9.79 Å². The molecular weight excluding hydrogens is 388 g/mol. The molecule has 1 aliphatic heterocycles. The van der Waals surface area contributed by atoms with Crippen molar-refractivity contribution in [1.82, 2.24) is 14.3 Å². The van der Waals surface area contributed by atoms with Gasteiger partial charge in [-0.2, -0.15) is 5.10 Å². The minimum Gasteiger partial charge on any atom is -0.463 e. The van der Waals surface area contributed by atoms with Crippen LogP contribution in [0.1, 0.15) is 31.0 Å². The Morgan fingerprint density at radius 3 is 2.72 bits per heavy atom. The van der Waals surface area contributed by atoms with Crippen LogP contribution in [-0.2, 0) is 16.6 Å². The minimum absolute atomic E-state index is 0.194. The molecule has 0 saturated heterocycles. The Morgan fingerprint density at radius 1 is 1.31 bits per heavy atom. The van der Waals surface area contributed by atoms with Gasteiger partial charge in [0.15, 0.2) is 4.80 Å². The van der Waals surface area contributed by atoms with E-state index in [1.54, 1.807) is 35.4 Å². The second-order valence-corrected chi connectivity index (χ2v) is 7.67. The number of nitrogens with zero attached hydrogens (tertiary/aromatic N) is 4. The third-order valence-corrected chi connectivity index (χ3v) is 5.64. The predicted molar refractivity (Wildman–Crippen MR) is 110 cm³/mol. The largest absolute Gasteiger partial charge is 0.463 e. The van der Waals surface area contributed by atoms with Crippen LogP contribution in [0.2, 0.25) is 0 Å². The molecule has 0 radical (unpaired) electrons. The number of carbonyl (C=O) groups is 1. The Kier molecular flexibility index (Phi) is 5.02. The Bertz CT molecular complexity index is 1280. The van der Waals surface area contributed by atoms with E-state index in [9.17, 15) is 9.59 Å². The number of thiazole rings is 1. The SMILES string of the molecule is CCOC(=O)C1=C(C)N=c2s/c(=C\c3cnn(C)c3)c(=O)n2[C@H]1c1ccccc1. The van der Waals surface area contributed by atoms with Gasteiger partial charge in [-0.15, -0.1) is 0 Å². The van der Waals surface area contributed by atoms with E-state index in [4.69, 9.17) is 4.74 Å². The van der Waals surface area contributed by atoms with Crippen LogP contribution in [0.25, 0.3) is 6.08 Å². The molecule has 0 spiro atoms. The fourth-order valence-electron chi connectivity index (χ4n) is 3.41. The smallest absolute Gasteiger partial charge is 0.338 e. The maximum atomic E-state index is 13.3. The molecule has 7 nitrogen and oxygen atoms in total. The van der Waals surface area contributed by atoms with Gasteiger partial charge in [-0.3, -0.25) is 14.0 Å². The molecule has 0 amide bonds. The van der Waals surface area contributed by atoms with Crippen molar-refractivity contribution >= 4 is 23.4 Å². The summed E-state index contributed by atoms with van der Waals surface area (Å²) in [5.41, 5.74) is 2.42. The zero-order chi connectivity index (χ0) is 20.5. The number of fused-ring (bicyclic) bond motifs is 1. The highest BCUT2D eigenvalue weighted by Gasteiger charge is 2.33. The molecule has 0 bridgehead atoms. The molecular formula is C21H20N4O3S. The molecule has 0 unspecified atom stereocenters. The molecule has 0 aliphatic carbocycles. The Labute approximate surface area is 170 Å². The van der Waals surface area contributed by atoms with E-state index in [0.717, 1.165) is 11.1 Å². The van der Waals surface area contributed by atoms with E-state index in [0.29, 0.717) is 20.6 Å². The second kappa shape index (κ2) is 7.63. The van der Waals surface area contributed by atoms with Gasteiger partial charge in [0.05, 0.1) is 34.6 Å². The first-order valence-electron chi connectivity index (χ1n) is 9.23. The van der Waals surface area contributed by atoms with Gasteiger partial charge in [-0.1, -0.05) is 41.7 Å². The van der Waals surface area contributed by atoms with Crippen LogP contribution in [0.4, 0.5) is 0 Å². The summed E-state index contributed by atoms with van der Waals surface area (Å²) in [6, 6.07) is 8.90. The number of carbonyl (C=O) groups excluding carboxylic acids is 1. The molecule has 29 heavy (non-hydrogen) atoms. The lowest BCUT2D eigenvalue weighted by molar-refractivity contribution is -0.139. The van der Waals surface area contributed by atoms with E-state index in [-0.39, 0.29) is 12.2 Å². The topological polar surface area (TPSA) is 78.5 Å². The number of hydrogen-bond donors (Lipinski definition) is 0. The van der Waals surface area contributed by atoms with E-state index < -0.39 is 12.0 Å². The molecule has 4 rings (SSSR count). The summed E-state index contributed by atoms with van der Waals surface area (Å²) < 4.78 is 9.08. The summed E-state index contributed by atoms with van der Waals surface area (Å²) in [5, 5.41) is 4.14. The lowest BCUT2D eigenvalue weighted by Crippen LogP contribution is -2.39. The Hall–Kier alpha value is -3.26. The average molecular weight is 408 g/mol. The molecule has 0 saturated carbocycles. The molecule has 1 atom stereocenters.